The van der Waals surface area contributed by atoms with E-state index in [0.29, 0.717) is 15.7 Å². The van der Waals surface area contributed by atoms with Gasteiger partial charge in [-0.15, -0.1) is 11.3 Å². The summed E-state index contributed by atoms with van der Waals surface area (Å²) >= 11 is 7.25. The van der Waals surface area contributed by atoms with Crippen LogP contribution in [0.25, 0.3) is 21.6 Å². The smallest absolute Gasteiger partial charge is 0.337 e. The largest absolute Gasteiger partial charge is 0.478 e. The van der Waals surface area contributed by atoms with E-state index in [9.17, 15) is 14.7 Å². The fourth-order valence-corrected chi connectivity index (χ4v) is 4.27. The van der Waals surface area contributed by atoms with Crippen molar-refractivity contribution in [3.05, 3.63) is 86.0 Å². The van der Waals surface area contributed by atoms with Crippen molar-refractivity contribution in [3.63, 3.8) is 0 Å². The Morgan fingerprint density at radius 1 is 1.21 bits per heavy atom. The molecule has 0 unspecified atom stereocenters. The van der Waals surface area contributed by atoms with Gasteiger partial charge in [-0.3, -0.25) is 9.36 Å². The Kier molecular flexibility index (Phi) is 4.75. The summed E-state index contributed by atoms with van der Waals surface area (Å²) in [5.74, 6) is -0.636. The van der Waals surface area contributed by atoms with Gasteiger partial charge < -0.3 is 5.11 Å². The minimum atomic E-state index is -1.14. The molecule has 0 amide bonds. The monoisotopic (exact) mass is 410 g/mol. The van der Waals surface area contributed by atoms with Gasteiger partial charge in [-0.2, -0.15) is 0 Å². The lowest BCUT2D eigenvalue weighted by Gasteiger charge is -2.14. The topological polar surface area (TPSA) is 72.2 Å². The van der Waals surface area contributed by atoms with E-state index in [1.807, 2.05) is 43.3 Å². The van der Waals surface area contributed by atoms with Crippen molar-refractivity contribution in [1.82, 2.24) is 9.55 Å². The van der Waals surface area contributed by atoms with E-state index in [-0.39, 0.29) is 23.1 Å². The zero-order chi connectivity index (χ0) is 19.8. The SMILES string of the molecule is Cc1cccc(-c2nc3scc(C(=O)O)c3c(=O)n2Cc2cccc(Cl)c2)c1. The number of halogens is 1. The van der Waals surface area contributed by atoms with Gasteiger partial charge in [-0.1, -0.05) is 47.5 Å². The molecular formula is C21H15ClN2O3S. The molecule has 0 aliphatic rings. The summed E-state index contributed by atoms with van der Waals surface area (Å²) in [4.78, 5) is 29.9. The Morgan fingerprint density at radius 3 is 2.71 bits per heavy atom. The molecule has 0 fully saturated rings. The van der Waals surface area contributed by atoms with Crippen LogP contribution in [0.15, 0.2) is 58.7 Å². The molecule has 0 saturated heterocycles. The first-order chi connectivity index (χ1) is 13.4. The number of nitrogens with zero attached hydrogens (tertiary/aromatic N) is 2. The van der Waals surface area contributed by atoms with Gasteiger partial charge in [-0.05, 0) is 30.7 Å². The van der Waals surface area contributed by atoms with E-state index in [4.69, 9.17) is 11.6 Å². The Hall–Kier alpha value is -2.96. The molecule has 0 aliphatic heterocycles. The van der Waals surface area contributed by atoms with Crippen LogP contribution in [0.3, 0.4) is 0 Å². The molecule has 4 rings (SSSR count). The summed E-state index contributed by atoms with van der Waals surface area (Å²) in [5, 5.41) is 11.6. The third kappa shape index (κ3) is 3.32. The van der Waals surface area contributed by atoms with Crippen LogP contribution in [0.5, 0.6) is 0 Å². The van der Waals surface area contributed by atoms with E-state index >= 15 is 0 Å². The average molecular weight is 411 g/mol. The predicted octanol–water partition coefficient (Wildman–Crippen LogP) is 4.83. The van der Waals surface area contributed by atoms with Gasteiger partial charge in [0.15, 0.2) is 0 Å². The van der Waals surface area contributed by atoms with Gasteiger partial charge in [0.05, 0.1) is 17.5 Å². The molecule has 2 aromatic heterocycles. The Morgan fingerprint density at radius 2 is 2.00 bits per heavy atom. The second-order valence-corrected chi connectivity index (χ2v) is 7.76. The first-order valence-corrected chi connectivity index (χ1v) is 9.76. The molecule has 0 radical (unpaired) electrons. The molecule has 2 heterocycles. The van der Waals surface area contributed by atoms with Gasteiger partial charge in [0, 0.05) is 16.0 Å². The number of carbonyl (C=O) groups is 1. The van der Waals surface area contributed by atoms with Crippen LogP contribution in [-0.4, -0.2) is 20.6 Å². The molecule has 0 saturated carbocycles. The van der Waals surface area contributed by atoms with Gasteiger partial charge in [0.25, 0.3) is 5.56 Å². The van der Waals surface area contributed by atoms with Crippen molar-refractivity contribution in [1.29, 1.82) is 0 Å². The first-order valence-electron chi connectivity index (χ1n) is 8.51. The van der Waals surface area contributed by atoms with Crippen LogP contribution in [0.1, 0.15) is 21.5 Å². The van der Waals surface area contributed by atoms with E-state index in [1.165, 1.54) is 9.95 Å². The highest BCUT2D eigenvalue weighted by Gasteiger charge is 2.20. The van der Waals surface area contributed by atoms with Gasteiger partial charge in [0.1, 0.15) is 10.7 Å². The number of hydrogen-bond donors (Lipinski definition) is 1. The van der Waals surface area contributed by atoms with Crippen molar-refractivity contribution >= 4 is 39.1 Å². The van der Waals surface area contributed by atoms with Crippen LogP contribution < -0.4 is 5.56 Å². The standard InChI is InChI=1S/C21H15ClN2O3S/c1-12-4-2-6-14(8-12)18-23-19-17(16(11-28-19)21(26)27)20(25)24(18)10-13-5-3-7-15(22)9-13/h2-9,11H,10H2,1H3,(H,26,27). The van der Waals surface area contributed by atoms with Crippen LogP contribution >= 0.6 is 22.9 Å². The van der Waals surface area contributed by atoms with Gasteiger partial charge >= 0.3 is 5.97 Å². The molecule has 1 N–H and O–H groups in total. The molecular weight excluding hydrogens is 396 g/mol. The summed E-state index contributed by atoms with van der Waals surface area (Å²) < 4.78 is 1.52. The first kappa shape index (κ1) is 18.4. The Bertz CT molecular complexity index is 1280. The number of carboxylic acids is 1. The van der Waals surface area contributed by atoms with E-state index in [0.717, 1.165) is 28.0 Å². The molecule has 0 bridgehead atoms. The highest BCUT2D eigenvalue weighted by atomic mass is 35.5. The fourth-order valence-electron chi connectivity index (χ4n) is 3.15. The molecule has 0 aliphatic carbocycles. The summed E-state index contributed by atoms with van der Waals surface area (Å²) in [6, 6.07) is 14.9. The summed E-state index contributed by atoms with van der Waals surface area (Å²) in [6.07, 6.45) is 0. The molecule has 0 spiro atoms. The zero-order valence-corrected chi connectivity index (χ0v) is 16.4. The van der Waals surface area contributed by atoms with Crippen molar-refractivity contribution < 1.29 is 9.90 Å². The number of aryl methyl sites for hydroxylation is 1. The fraction of sp³-hybridized carbons (Fsp3) is 0.0952. The third-order valence-corrected chi connectivity index (χ3v) is 5.54. The normalized spacial score (nSPS) is 11.1. The van der Waals surface area contributed by atoms with Crippen LogP contribution in [0, 0.1) is 6.92 Å². The van der Waals surface area contributed by atoms with Gasteiger partial charge in [0.2, 0.25) is 0 Å². The zero-order valence-electron chi connectivity index (χ0n) is 14.8. The minimum Gasteiger partial charge on any atom is -0.478 e. The van der Waals surface area contributed by atoms with Crippen LogP contribution in [0.4, 0.5) is 0 Å². The molecule has 7 heteroatoms. The second kappa shape index (κ2) is 7.22. The van der Waals surface area contributed by atoms with E-state index in [1.54, 1.807) is 12.1 Å². The van der Waals surface area contributed by atoms with Crippen molar-refractivity contribution in [3.8, 4) is 11.4 Å². The predicted molar refractivity (Wildman–Crippen MR) is 112 cm³/mol. The number of aromatic carboxylic acids is 1. The quantitative estimate of drug-likeness (QED) is 0.522. The summed E-state index contributed by atoms with van der Waals surface area (Å²) in [5.41, 5.74) is 2.27. The van der Waals surface area contributed by atoms with Crippen molar-refractivity contribution in [2.24, 2.45) is 0 Å². The van der Waals surface area contributed by atoms with Crippen LogP contribution in [-0.2, 0) is 6.54 Å². The number of fused-ring (bicyclic) bond motifs is 1. The van der Waals surface area contributed by atoms with Crippen molar-refractivity contribution in [2.45, 2.75) is 13.5 Å². The highest BCUT2D eigenvalue weighted by molar-refractivity contribution is 7.17. The third-order valence-electron chi connectivity index (χ3n) is 4.43. The Balaban J connectivity index is 2.01. The maximum Gasteiger partial charge on any atom is 0.337 e. The molecule has 4 aromatic rings. The lowest BCUT2D eigenvalue weighted by atomic mass is 10.1. The molecule has 140 valence electrons. The number of thiophene rings is 1. The molecule has 5 nitrogen and oxygen atoms in total. The summed E-state index contributed by atoms with van der Waals surface area (Å²) in [6.45, 7) is 2.20. The highest BCUT2D eigenvalue weighted by Crippen LogP contribution is 2.26. The molecule has 28 heavy (non-hydrogen) atoms. The lowest BCUT2D eigenvalue weighted by molar-refractivity contribution is 0.0699. The maximum atomic E-state index is 13.3. The number of aromatic nitrogens is 2. The van der Waals surface area contributed by atoms with E-state index < -0.39 is 5.97 Å². The number of benzene rings is 2. The molecule has 2 aromatic carbocycles. The second-order valence-electron chi connectivity index (χ2n) is 6.46. The van der Waals surface area contributed by atoms with E-state index in [2.05, 4.69) is 4.98 Å². The minimum absolute atomic E-state index is 0.0202. The lowest BCUT2D eigenvalue weighted by Crippen LogP contribution is -2.24. The number of carboxylic acid groups (broad SMARTS) is 1. The average Bonchev–Trinajstić information content (AvgIpc) is 3.08. The number of rotatable bonds is 4. The molecule has 0 atom stereocenters. The maximum absolute atomic E-state index is 13.3. The summed E-state index contributed by atoms with van der Waals surface area (Å²) in [7, 11) is 0. The van der Waals surface area contributed by atoms with Gasteiger partial charge in [-0.25, -0.2) is 9.78 Å². The Labute approximate surface area is 169 Å². The van der Waals surface area contributed by atoms with Crippen molar-refractivity contribution in [2.75, 3.05) is 0 Å². The number of hydrogen-bond acceptors (Lipinski definition) is 4. The van der Waals surface area contributed by atoms with Crippen LogP contribution in [0.2, 0.25) is 5.02 Å².